The summed E-state index contributed by atoms with van der Waals surface area (Å²) in [6.07, 6.45) is 4.62. The van der Waals surface area contributed by atoms with E-state index < -0.39 is 17.3 Å². The third-order valence-corrected chi connectivity index (χ3v) is 9.50. The number of amides is 2. The third-order valence-electron chi connectivity index (χ3n) is 9.50. The summed E-state index contributed by atoms with van der Waals surface area (Å²) in [5, 5.41) is 9.66. The molecule has 1 fully saturated rings. The number of carbonyl (C=O) groups excluding carboxylic acids is 2. The highest BCUT2D eigenvalue weighted by atomic mass is 19.1. The molecule has 1 aliphatic heterocycles. The molecule has 1 atom stereocenters. The first-order valence-electron chi connectivity index (χ1n) is 15.9. The molecule has 2 aromatic carbocycles. The zero-order chi connectivity index (χ0) is 32.7. The van der Waals surface area contributed by atoms with Crippen LogP contribution in [0.3, 0.4) is 0 Å². The lowest BCUT2D eigenvalue weighted by atomic mass is 9.69. The molecule has 0 bridgehead atoms. The van der Waals surface area contributed by atoms with Crippen molar-refractivity contribution in [2.45, 2.75) is 98.3 Å². The molecule has 1 aromatic heterocycles. The topological polar surface area (TPSA) is 95.4 Å². The number of nitrogens with one attached hydrogen (secondary N) is 2. The molecule has 1 spiro atoms. The van der Waals surface area contributed by atoms with Gasteiger partial charge in [-0.25, -0.2) is 14.0 Å². The molecule has 2 amide bonds. The van der Waals surface area contributed by atoms with Gasteiger partial charge in [0.1, 0.15) is 23.0 Å². The van der Waals surface area contributed by atoms with E-state index in [1.165, 1.54) is 12.1 Å². The number of nitrogens with zero attached hydrogens (tertiary/aromatic N) is 4. The molecular formula is C35H46F2N6O2. The maximum Gasteiger partial charge on any atom is 0.275 e. The van der Waals surface area contributed by atoms with E-state index in [0.29, 0.717) is 37.3 Å². The first-order chi connectivity index (χ1) is 21.1. The molecule has 242 valence electrons. The lowest BCUT2D eigenvalue weighted by molar-refractivity contribution is -0.134. The van der Waals surface area contributed by atoms with Crippen LogP contribution in [0.25, 0.3) is 0 Å². The van der Waals surface area contributed by atoms with Crippen molar-refractivity contribution < 1.29 is 18.4 Å². The number of carbonyl (C=O) groups is 2. The van der Waals surface area contributed by atoms with Crippen LogP contribution in [0.1, 0.15) is 113 Å². The highest BCUT2D eigenvalue weighted by Crippen LogP contribution is 2.50. The highest BCUT2D eigenvalue weighted by molar-refractivity contribution is 6.46. The lowest BCUT2D eigenvalue weighted by Crippen LogP contribution is -2.51. The predicted molar refractivity (Wildman–Crippen MR) is 170 cm³/mol. The molecule has 10 heteroatoms. The van der Waals surface area contributed by atoms with Crippen molar-refractivity contribution in [2.75, 3.05) is 0 Å². The molecule has 8 nitrogen and oxygen atoms in total. The minimum atomic E-state index is -0.820. The van der Waals surface area contributed by atoms with Crippen molar-refractivity contribution in [3.8, 4) is 0 Å². The summed E-state index contributed by atoms with van der Waals surface area (Å²) in [4.78, 5) is 34.4. The van der Waals surface area contributed by atoms with Gasteiger partial charge in [0.25, 0.3) is 11.8 Å². The fourth-order valence-electron chi connectivity index (χ4n) is 6.73. The first-order valence-corrected chi connectivity index (χ1v) is 15.9. The standard InChI is InChI=1S/C35H46F2N6O2/c1-33(2,3)15-14-28(22-8-10-23(11-9-22)31(44)38-21-29-40-41-42(29)7)43-32(45)30(24-18-26(36)20-27(37)19-24)39-35(43)16-12-25(13-17-35)34(4,5)6/h8-11,18-20,25,28,41H,12-17,21H2,1-7H3,(H,38,44)/t25?,28-,35?/m1/s1. The summed E-state index contributed by atoms with van der Waals surface area (Å²) >= 11 is 0. The van der Waals surface area contributed by atoms with E-state index in [4.69, 9.17) is 4.99 Å². The van der Waals surface area contributed by atoms with Crippen LogP contribution in [0.4, 0.5) is 8.78 Å². The molecule has 3 aromatic rings. The molecule has 0 radical (unpaired) electrons. The number of aromatic amines is 1. The van der Waals surface area contributed by atoms with Gasteiger partial charge in [-0.05, 0) is 85.1 Å². The Balaban J connectivity index is 1.51. The zero-order valence-corrected chi connectivity index (χ0v) is 27.5. The van der Waals surface area contributed by atoms with E-state index in [0.717, 1.165) is 36.7 Å². The number of aliphatic imine (C=N–C) groups is 1. The van der Waals surface area contributed by atoms with Crippen LogP contribution in [-0.2, 0) is 18.4 Å². The zero-order valence-electron chi connectivity index (χ0n) is 27.5. The van der Waals surface area contributed by atoms with Gasteiger partial charge in [0.2, 0.25) is 0 Å². The second-order valence-corrected chi connectivity index (χ2v) is 15.0. The number of hydrogen-bond donors (Lipinski definition) is 2. The molecular weight excluding hydrogens is 574 g/mol. The molecule has 0 saturated heterocycles. The Morgan fingerprint density at radius 3 is 2.18 bits per heavy atom. The second kappa shape index (κ2) is 12.2. The van der Waals surface area contributed by atoms with Crippen molar-refractivity contribution >= 4 is 17.5 Å². The van der Waals surface area contributed by atoms with Crippen LogP contribution in [0.5, 0.6) is 0 Å². The van der Waals surface area contributed by atoms with Crippen molar-refractivity contribution in [3.63, 3.8) is 0 Å². The van der Waals surface area contributed by atoms with Crippen molar-refractivity contribution in [1.82, 2.24) is 25.2 Å². The Labute approximate surface area is 264 Å². The van der Waals surface area contributed by atoms with Gasteiger partial charge in [-0.2, -0.15) is 0 Å². The summed E-state index contributed by atoms with van der Waals surface area (Å²) in [6, 6.07) is 10.3. The minimum absolute atomic E-state index is 0.000453. The van der Waals surface area contributed by atoms with Crippen molar-refractivity contribution in [3.05, 3.63) is 76.6 Å². The monoisotopic (exact) mass is 620 g/mol. The van der Waals surface area contributed by atoms with Gasteiger partial charge >= 0.3 is 0 Å². The van der Waals surface area contributed by atoms with E-state index in [2.05, 4.69) is 57.2 Å². The van der Waals surface area contributed by atoms with Gasteiger partial charge in [-0.1, -0.05) is 53.7 Å². The van der Waals surface area contributed by atoms with Crippen LogP contribution in [0.2, 0.25) is 0 Å². The fourth-order valence-corrected chi connectivity index (χ4v) is 6.73. The van der Waals surface area contributed by atoms with Crippen LogP contribution in [0.15, 0.2) is 47.5 Å². The van der Waals surface area contributed by atoms with Gasteiger partial charge in [0.05, 0.1) is 12.6 Å². The van der Waals surface area contributed by atoms with Gasteiger partial charge in [-0.15, -0.1) is 5.10 Å². The molecule has 2 aliphatic rings. The van der Waals surface area contributed by atoms with Crippen molar-refractivity contribution in [2.24, 2.45) is 28.8 Å². The second-order valence-electron chi connectivity index (χ2n) is 15.0. The average molecular weight is 621 g/mol. The number of rotatable bonds is 8. The number of aromatic nitrogens is 3. The van der Waals surface area contributed by atoms with E-state index in [9.17, 15) is 18.4 Å². The van der Waals surface area contributed by atoms with Gasteiger partial charge in [0.15, 0.2) is 5.82 Å². The molecule has 2 heterocycles. The van der Waals surface area contributed by atoms with E-state index in [-0.39, 0.29) is 40.0 Å². The molecule has 45 heavy (non-hydrogen) atoms. The number of halogens is 2. The molecule has 1 saturated carbocycles. The lowest BCUT2D eigenvalue weighted by Gasteiger charge is -2.47. The Morgan fingerprint density at radius 1 is 1.04 bits per heavy atom. The van der Waals surface area contributed by atoms with Crippen LogP contribution >= 0.6 is 0 Å². The van der Waals surface area contributed by atoms with Gasteiger partial charge < -0.3 is 10.2 Å². The summed E-state index contributed by atoms with van der Waals surface area (Å²) in [5.41, 5.74) is 0.971. The van der Waals surface area contributed by atoms with Gasteiger partial charge in [-0.3, -0.25) is 19.3 Å². The molecule has 0 unspecified atom stereocenters. The minimum Gasteiger partial charge on any atom is -0.345 e. The fraction of sp³-hybridized carbons (Fsp3) is 0.543. The summed E-state index contributed by atoms with van der Waals surface area (Å²) in [5.74, 6) is -0.809. The average Bonchev–Trinajstić information content (AvgIpc) is 3.22. The SMILES string of the molecule is Cn1[nH]nc1CNC(=O)c1ccc([C@@H](CCC(C)(C)C)N2C(=O)C(c3cc(F)cc(F)c3)=NC23CCC(C(C)(C)C)CC3)cc1. The molecule has 5 rings (SSSR count). The van der Waals surface area contributed by atoms with Crippen LogP contribution < -0.4 is 5.32 Å². The molecule has 2 N–H and O–H groups in total. The number of aryl methyl sites for hydroxylation is 1. The summed E-state index contributed by atoms with van der Waals surface area (Å²) in [7, 11) is 1.82. The van der Waals surface area contributed by atoms with Crippen molar-refractivity contribution in [1.29, 1.82) is 0 Å². The maximum absolute atomic E-state index is 14.5. The van der Waals surface area contributed by atoms with Crippen LogP contribution in [0, 0.1) is 28.4 Å². The number of hydrogen-bond acceptors (Lipinski definition) is 4. The summed E-state index contributed by atoms with van der Waals surface area (Å²) in [6.45, 7) is 13.6. The van der Waals surface area contributed by atoms with Gasteiger partial charge in [0, 0.05) is 24.2 Å². The Morgan fingerprint density at radius 2 is 1.67 bits per heavy atom. The highest BCUT2D eigenvalue weighted by Gasteiger charge is 2.52. The Kier molecular flexibility index (Phi) is 8.81. The quantitative estimate of drug-likeness (QED) is 0.282. The third kappa shape index (κ3) is 7.05. The largest absolute Gasteiger partial charge is 0.345 e. The Hall–Kier alpha value is -3.82. The number of H-pyrrole nitrogens is 1. The first kappa shape index (κ1) is 32.6. The maximum atomic E-state index is 14.5. The smallest absolute Gasteiger partial charge is 0.275 e. The predicted octanol–water partition coefficient (Wildman–Crippen LogP) is 7.09. The normalized spacial score (nSPS) is 21.4. The van der Waals surface area contributed by atoms with E-state index in [1.54, 1.807) is 16.8 Å². The van der Waals surface area contributed by atoms with Crippen LogP contribution in [-0.4, -0.2) is 43.1 Å². The van der Waals surface area contributed by atoms with E-state index in [1.807, 2.05) is 24.1 Å². The molecule has 1 aliphatic carbocycles. The Bertz CT molecular complexity index is 1550. The number of benzene rings is 2. The van der Waals surface area contributed by atoms with E-state index >= 15 is 0 Å². The summed E-state index contributed by atoms with van der Waals surface area (Å²) < 4.78 is 30.5.